The first-order valence-corrected chi connectivity index (χ1v) is 6.06. The van der Waals surface area contributed by atoms with E-state index in [2.05, 4.69) is 5.32 Å². The molecule has 1 aliphatic heterocycles. The largest absolute Gasteiger partial charge is 0.469 e. The smallest absolute Gasteiger partial charge is 0.311 e. The number of benzene rings is 1. The van der Waals surface area contributed by atoms with Crippen LogP contribution in [-0.4, -0.2) is 19.0 Å². The van der Waals surface area contributed by atoms with Gasteiger partial charge in [-0.1, -0.05) is 37.3 Å². The first kappa shape index (κ1) is 12.6. The minimum absolute atomic E-state index is 0.0102. The Morgan fingerprint density at radius 3 is 2.61 bits per heavy atom. The van der Waals surface area contributed by atoms with Crippen molar-refractivity contribution in [2.45, 2.75) is 19.4 Å². The molecule has 0 aromatic heterocycles. The Morgan fingerprint density at radius 1 is 1.33 bits per heavy atom. The summed E-state index contributed by atoms with van der Waals surface area (Å²) in [7, 11) is 1.38. The molecule has 0 saturated carbocycles. The maximum Gasteiger partial charge on any atom is 0.311 e. The van der Waals surface area contributed by atoms with E-state index in [0.717, 1.165) is 5.56 Å². The minimum atomic E-state index is -0.315. The lowest BCUT2D eigenvalue weighted by atomic mass is 9.82. The van der Waals surface area contributed by atoms with Gasteiger partial charge in [0.1, 0.15) is 0 Å². The summed E-state index contributed by atoms with van der Waals surface area (Å²) in [6.45, 7) is 1.83. The van der Waals surface area contributed by atoms with E-state index in [0.29, 0.717) is 6.42 Å². The Morgan fingerprint density at radius 2 is 2.00 bits per heavy atom. The van der Waals surface area contributed by atoms with Crippen LogP contribution in [0.4, 0.5) is 0 Å². The third-order valence-corrected chi connectivity index (χ3v) is 3.42. The Bertz CT molecular complexity index is 444. The highest BCUT2D eigenvalue weighted by Crippen LogP contribution is 2.32. The van der Waals surface area contributed by atoms with Crippen molar-refractivity contribution < 1.29 is 14.3 Å². The van der Waals surface area contributed by atoms with E-state index in [1.807, 2.05) is 37.3 Å². The van der Waals surface area contributed by atoms with Gasteiger partial charge in [-0.05, 0) is 12.0 Å². The molecule has 4 heteroatoms. The van der Waals surface area contributed by atoms with E-state index in [4.69, 9.17) is 4.74 Å². The van der Waals surface area contributed by atoms with Crippen LogP contribution in [0.5, 0.6) is 0 Å². The molecule has 96 valence electrons. The average molecular weight is 247 g/mol. The average Bonchev–Trinajstić information content (AvgIpc) is 2.41. The second kappa shape index (κ2) is 5.21. The van der Waals surface area contributed by atoms with Crippen molar-refractivity contribution >= 4 is 11.9 Å². The van der Waals surface area contributed by atoms with Gasteiger partial charge in [0, 0.05) is 5.92 Å². The number of rotatable bonds is 2. The molecule has 1 aliphatic rings. The number of nitrogens with one attached hydrogen (secondary N) is 1. The van der Waals surface area contributed by atoms with E-state index in [1.54, 1.807) is 0 Å². The maximum absolute atomic E-state index is 11.8. The number of piperidine rings is 1. The molecular formula is C14H17NO3. The third kappa shape index (κ3) is 2.37. The van der Waals surface area contributed by atoms with Crippen LogP contribution in [0.1, 0.15) is 24.9 Å². The normalized spacial score (nSPS) is 27.4. The lowest BCUT2D eigenvalue weighted by molar-refractivity contribution is -0.150. The Labute approximate surface area is 106 Å². The van der Waals surface area contributed by atoms with E-state index >= 15 is 0 Å². The van der Waals surface area contributed by atoms with Crippen LogP contribution in [0, 0.1) is 11.8 Å². The van der Waals surface area contributed by atoms with E-state index < -0.39 is 0 Å². The van der Waals surface area contributed by atoms with Crippen molar-refractivity contribution in [3.05, 3.63) is 35.9 Å². The quantitative estimate of drug-likeness (QED) is 0.809. The summed E-state index contributed by atoms with van der Waals surface area (Å²) in [4.78, 5) is 23.6. The number of ether oxygens (including phenoxy) is 1. The number of amides is 1. The number of carbonyl (C=O) groups is 2. The minimum Gasteiger partial charge on any atom is -0.469 e. The predicted octanol–water partition coefficient (Wildman–Crippen LogP) is 1.67. The summed E-state index contributed by atoms with van der Waals surface area (Å²) >= 11 is 0. The highest BCUT2D eigenvalue weighted by Gasteiger charge is 2.38. The molecule has 18 heavy (non-hydrogen) atoms. The molecule has 0 radical (unpaired) electrons. The molecule has 1 saturated heterocycles. The molecular weight excluding hydrogens is 230 g/mol. The molecule has 1 amide bonds. The van der Waals surface area contributed by atoms with Crippen LogP contribution in [0.3, 0.4) is 0 Å². The number of hydrogen-bond acceptors (Lipinski definition) is 3. The van der Waals surface area contributed by atoms with E-state index in [9.17, 15) is 9.59 Å². The monoisotopic (exact) mass is 247 g/mol. The second-order valence-corrected chi connectivity index (χ2v) is 4.66. The van der Waals surface area contributed by atoms with Crippen molar-refractivity contribution in [2.24, 2.45) is 11.8 Å². The molecule has 1 aromatic rings. The first-order chi connectivity index (χ1) is 8.63. The van der Waals surface area contributed by atoms with Gasteiger partial charge in [0.05, 0.1) is 19.1 Å². The Hall–Kier alpha value is -1.84. The SMILES string of the molecule is COC(=O)[C@@H]1C[C@H](C)C(=O)N[C@@H]1c1ccccc1. The molecule has 0 aliphatic carbocycles. The Kier molecular flexibility index (Phi) is 3.65. The fourth-order valence-electron chi connectivity index (χ4n) is 2.38. The summed E-state index contributed by atoms with van der Waals surface area (Å²) < 4.78 is 4.83. The number of esters is 1. The third-order valence-electron chi connectivity index (χ3n) is 3.42. The molecule has 0 spiro atoms. The van der Waals surface area contributed by atoms with Crippen molar-refractivity contribution in [1.29, 1.82) is 0 Å². The van der Waals surface area contributed by atoms with E-state index in [-0.39, 0.29) is 29.8 Å². The predicted molar refractivity (Wildman–Crippen MR) is 66.6 cm³/mol. The molecule has 0 bridgehead atoms. The molecule has 4 nitrogen and oxygen atoms in total. The fraction of sp³-hybridized carbons (Fsp3) is 0.429. The Balaban J connectivity index is 2.29. The lowest BCUT2D eigenvalue weighted by Gasteiger charge is -2.33. The summed E-state index contributed by atoms with van der Waals surface area (Å²) in [5.41, 5.74) is 0.938. The fourth-order valence-corrected chi connectivity index (χ4v) is 2.38. The zero-order valence-electron chi connectivity index (χ0n) is 10.6. The molecule has 2 rings (SSSR count). The zero-order valence-corrected chi connectivity index (χ0v) is 10.6. The lowest BCUT2D eigenvalue weighted by Crippen LogP contribution is -2.46. The first-order valence-electron chi connectivity index (χ1n) is 6.06. The summed E-state index contributed by atoms with van der Waals surface area (Å²) in [6, 6.07) is 9.24. The standard InChI is InChI=1S/C14H17NO3/c1-9-8-11(14(17)18-2)12(15-13(9)16)10-6-4-3-5-7-10/h3-7,9,11-12H,8H2,1-2H3,(H,15,16)/t9-,11+,12+/m0/s1. The summed E-state index contributed by atoms with van der Waals surface area (Å²) in [6.07, 6.45) is 0.526. The van der Waals surface area contributed by atoms with Crippen molar-refractivity contribution in [3.8, 4) is 0 Å². The van der Waals surface area contributed by atoms with Gasteiger partial charge in [-0.25, -0.2) is 0 Å². The van der Waals surface area contributed by atoms with Crippen LogP contribution in [0.25, 0.3) is 0 Å². The molecule has 1 fully saturated rings. The van der Waals surface area contributed by atoms with Gasteiger partial charge in [-0.15, -0.1) is 0 Å². The zero-order chi connectivity index (χ0) is 13.1. The van der Waals surface area contributed by atoms with Crippen molar-refractivity contribution in [1.82, 2.24) is 5.32 Å². The summed E-state index contributed by atoms with van der Waals surface area (Å²) in [5, 5.41) is 2.91. The summed E-state index contributed by atoms with van der Waals surface area (Å²) in [5.74, 6) is -0.751. The van der Waals surface area contributed by atoms with Gasteiger partial charge >= 0.3 is 5.97 Å². The number of hydrogen-bond donors (Lipinski definition) is 1. The van der Waals surface area contributed by atoms with E-state index in [1.165, 1.54) is 7.11 Å². The highest BCUT2D eigenvalue weighted by molar-refractivity contribution is 5.83. The molecule has 1 N–H and O–H groups in total. The van der Waals surface area contributed by atoms with Crippen molar-refractivity contribution in [3.63, 3.8) is 0 Å². The maximum atomic E-state index is 11.8. The number of carbonyl (C=O) groups excluding carboxylic acids is 2. The van der Waals surface area contributed by atoms with Crippen LogP contribution in [0.15, 0.2) is 30.3 Å². The van der Waals surface area contributed by atoms with Crippen molar-refractivity contribution in [2.75, 3.05) is 7.11 Å². The molecule has 1 heterocycles. The molecule has 0 unspecified atom stereocenters. The highest BCUT2D eigenvalue weighted by atomic mass is 16.5. The number of methoxy groups -OCH3 is 1. The topological polar surface area (TPSA) is 55.4 Å². The van der Waals surface area contributed by atoms with Crippen LogP contribution < -0.4 is 5.32 Å². The van der Waals surface area contributed by atoms with Gasteiger partial charge in [0.25, 0.3) is 0 Å². The molecule has 3 atom stereocenters. The van der Waals surface area contributed by atoms with Gasteiger partial charge in [-0.3, -0.25) is 9.59 Å². The van der Waals surface area contributed by atoms with Crippen LogP contribution in [0.2, 0.25) is 0 Å². The van der Waals surface area contributed by atoms with Crippen LogP contribution in [-0.2, 0) is 14.3 Å². The van der Waals surface area contributed by atoms with Gasteiger partial charge in [0.15, 0.2) is 0 Å². The second-order valence-electron chi connectivity index (χ2n) is 4.66. The van der Waals surface area contributed by atoms with Gasteiger partial charge in [0.2, 0.25) is 5.91 Å². The van der Waals surface area contributed by atoms with Crippen LogP contribution >= 0.6 is 0 Å². The van der Waals surface area contributed by atoms with Gasteiger partial charge < -0.3 is 10.1 Å². The molecule has 1 aromatic carbocycles. The van der Waals surface area contributed by atoms with Gasteiger partial charge in [-0.2, -0.15) is 0 Å².